The Balaban J connectivity index is 1.64. The zero-order chi connectivity index (χ0) is 16.5. The molecule has 0 atom stereocenters. The van der Waals surface area contributed by atoms with Crippen molar-refractivity contribution in [2.24, 2.45) is 0 Å². The molecule has 0 aliphatic heterocycles. The van der Waals surface area contributed by atoms with Crippen molar-refractivity contribution in [2.45, 2.75) is 0 Å². The molecule has 0 bridgehead atoms. The number of hydrogen-bond acceptors (Lipinski definition) is 2. The number of amides is 1. The fourth-order valence-corrected chi connectivity index (χ4v) is 3.08. The normalized spacial score (nSPS) is 10.9. The maximum Gasteiger partial charge on any atom is 0.255 e. The van der Waals surface area contributed by atoms with E-state index in [1.807, 2.05) is 66.7 Å². The highest BCUT2D eigenvalue weighted by molar-refractivity contribution is 9.10. The van der Waals surface area contributed by atoms with Crippen LogP contribution >= 0.6 is 15.9 Å². The molecule has 1 aromatic heterocycles. The van der Waals surface area contributed by atoms with Crippen molar-refractivity contribution in [1.29, 1.82) is 0 Å². The van der Waals surface area contributed by atoms with Crippen LogP contribution in [-0.2, 0) is 0 Å². The van der Waals surface area contributed by atoms with Crippen LogP contribution in [0.5, 0.6) is 0 Å². The van der Waals surface area contributed by atoms with Gasteiger partial charge in [0.25, 0.3) is 5.91 Å². The van der Waals surface area contributed by atoms with Crippen molar-refractivity contribution < 1.29 is 4.79 Å². The minimum Gasteiger partial charge on any atom is -0.321 e. The number of carbonyl (C=O) groups excluding carboxylic acids is 1. The van der Waals surface area contributed by atoms with Gasteiger partial charge in [0.1, 0.15) is 0 Å². The Labute approximate surface area is 147 Å². The summed E-state index contributed by atoms with van der Waals surface area (Å²) < 4.78 is 1.02. The Kier molecular flexibility index (Phi) is 3.75. The molecule has 0 fully saturated rings. The standard InChI is InChI=1S/C20H13BrN2O/c21-17-8-7-13-9-16(6-5-14(13)10-17)20(24)23-18-11-15-3-1-2-4-19(15)22-12-18/h1-12H,(H,23,24). The maximum atomic E-state index is 12.5. The summed E-state index contributed by atoms with van der Waals surface area (Å²) in [5.74, 6) is -0.142. The maximum absolute atomic E-state index is 12.5. The monoisotopic (exact) mass is 376 g/mol. The fourth-order valence-electron chi connectivity index (χ4n) is 2.70. The minimum absolute atomic E-state index is 0.142. The molecule has 4 aromatic rings. The number of para-hydroxylation sites is 1. The molecule has 0 saturated carbocycles. The first-order valence-electron chi connectivity index (χ1n) is 7.54. The van der Waals surface area contributed by atoms with Gasteiger partial charge in [-0.3, -0.25) is 9.78 Å². The molecular formula is C20H13BrN2O. The number of rotatable bonds is 2. The van der Waals surface area contributed by atoms with Gasteiger partial charge in [0.05, 0.1) is 17.4 Å². The smallest absolute Gasteiger partial charge is 0.255 e. The number of hydrogen-bond donors (Lipinski definition) is 1. The number of benzene rings is 3. The SMILES string of the molecule is O=C(Nc1cnc2ccccc2c1)c1ccc2cc(Br)ccc2c1. The number of nitrogens with one attached hydrogen (secondary N) is 1. The average Bonchev–Trinajstić information content (AvgIpc) is 2.61. The van der Waals surface area contributed by atoms with Crippen LogP contribution in [0.15, 0.2) is 77.4 Å². The molecule has 4 rings (SSSR count). The predicted molar refractivity (Wildman–Crippen MR) is 101 cm³/mol. The van der Waals surface area contributed by atoms with Gasteiger partial charge in [0, 0.05) is 15.4 Å². The molecule has 24 heavy (non-hydrogen) atoms. The van der Waals surface area contributed by atoms with Gasteiger partial charge in [-0.2, -0.15) is 0 Å². The number of aromatic nitrogens is 1. The molecule has 0 unspecified atom stereocenters. The Morgan fingerprint density at radius 2 is 1.67 bits per heavy atom. The summed E-state index contributed by atoms with van der Waals surface area (Å²) in [7, 11) is 0. The van der Waals surface area contributed by atoms with E-state index in [0.717, 1.165) is 26.1 Å². The van der Waals surface area contributed by atoms with E-state index in [4.69, 9.17) is 0 Å². The Bertz CT molecular complexity index is 1080. The first-order chi connectivity index (χ1) is 11.7. The van der Waals surface area contributed by atoms with Crippen LogP contribution < -0.4 is 5.32 Å². The van der Waals surface area contributed by atoms with Gasteiger partial charge < -0.3 is 5.32 Å². The molecule has 116 valence electrons. The molecule has 1 heterocycles. The van der Waals surface area contributed by atoms with Crippen molar-refractivity contribution in [2.75, 3.05) is 5.32 Å². The highest BCUT2D eigenvalue weighted by atomic mass is 79.9. The van der Waals surface area contributed by atoms with Crippen molar-refractivity contribution in [3.63, 3.8) is 0 Å². The van der Waals surface area contributed by atoms with E-state index in [-0.39, 0.29) is 5.91 Å². The second kappa shape index (κ2) is 6.06. The molecule has 0 saturated heterocycles. The summed E-state index contributed by atoms with van der Waals surface area (Å²) in [6.45, 7) is 0. The highest BCUT2D eigenvalue weighted by Crippen LogP contribution is 2.22. The van der Waals surface area contributed by atoms with Crippen LogP contribution in [0.4, 0.5) is 5.69 Å². The van der Waals surface area contributed by atoms with Gasteiger partial charge in [-0.15, -0.1) is 0 Å². The van der Waals surface area contributed by atoms with E-state index >= 15 is 0 Å². The number of fused-ring (bicyclic) bond motifs is 2. The largest absolute Gasteiger partial charge is 0.321 e. The zero-order valence-corrected chi connectivity index (χ0v) is 14.2. The number of halogens is 1. The van der Waals surface area contributed by atoms with Crippen LogP contribution in [0.3, 0.4) is 0 Å². The second-order valence-corrected chi connectivity index (χ2v) is 6.49. The molecule has 4 heteroatoms. The van der Waals surface area contributed by atoms with Crippen molar-refractivity contribution in [3.05, 3.63) is 83.0 Å². The lowest BCUT2D eigenvalue weighted by Crippen LogP contribution is -2.11. The van der Waals surface area contributed by atoms with E-state index in [1.54, 1.807) is 6.20 Å². The van der Waals surface area contributed by atoms with Crippen molar-refractivity contribution in [3.8, 4) is 0 Å². The highest BCUT2D eigenvalue weighted by Gasteiger charge is 2.08. The van der Waals surface area contributed by atoms with Crippen LogP contribution in [-0.4, -0.2) is 10.9 Å². The van der Waals surface area contributed by atoms with Gasteiger partial charge in [-0.1, -0.05) is 46.3 Å². The summed E-state index contributed by atoms with van der Waals surface area (Å²) >= 11 is 3.46. The minimum atomic E-state index is -0.142. The fraction of sp³-hybridized carbons (Fsp3) is 0. The Morgan fingerprint density at radius 3 is 2.58 bits per heavy atom. The van der Waals surface area contributed by atoms with E-state index in [0.29, 0.717) is 11.3 Å². The predicted octanol–water partition coefficient (Wildman–Crippen LogP) is 5.40. The molecule has 3 aromatic carbocycles. The first-order valence-corrected chi connectivity index (χ1v) is 8.34. The summed E-state index contributed by atoms with van der Waals surface area (Å²) in [5.41, 5.74) is 2.22. The summed E-state index contributed by atoms with van der Waals surface area (Å²) in [5, 5.41) is 6.04. The molecule has 0 aliphatic carbocycles. The molecular weight excluding hydrogens is 364 g/mol. The Hall–Kier alpha value is -2.72. The van der Waals surface area contributed by atoms with Crippen LogP contribution in [0.25, 0.3) is 21.7 Å². The third-order valence-corrected chi connectivity index (χ3v) is 4.41. The Morgan fingerprint density at radius 1 is 0.875 bits per heavy atom. The molecule has 0 aliphatic rings. The van der Waals surface area contributed by atoms with Crippen LogP contribution in [0, 0.1) is 0 Å². The average molecular weight is 377 g/mol. The zero-order valence-electron chi connectivity index (χ0n) is 12.7. The molecule has 3 nitrogen and oxygen atoms in total. The number of nitrogens with zero attached hydrogens (tertiary/aromatic N) is 1. The van der Waals surface area contributed by atoms with E-state index < -0.39 is 0 Å². The lowest BCUT2D eigenvalue weighted by atomic mass is 10.1. The van der Waals surface area contributed by atoms with E-state index in [9.17, 15) is 4.79 Å². The number of anilines is 1. The summed E-state index contributed by atoms with van der Waals surface area (Å²) in [4.78, 5) is 16.9. The third-order valence-electron chi connectivity index (χ3n) is 3.91. The first kappa shape index (κ1) is 14.8. The van der Waals surface area contributed by atoms with E-state index in [2.05, 4.69) is 26.2 Å². The number of carbonyl (C=O) groups is 1. The van der Waals surface area contributed by atoms with Gasteiger partial charge in [-0.05, 0) is 47.2 Å². The third kappa shape index (κ3) is 2.88. The molecule has 0 radical (unpaired) electrons. The van der Waals surface area contributed by atoms with E-state index in [1.165, 1.54) is 0 Å². The lowest BCUT2D eigenvalue weighted by molar-refractivity contribution is 0.102. The van der Waals surface area contributed by atoms with Crippen molar-refractivity contribution in [1.82, 2.24) is 4.98 Å². The van der Waals surface area contributed by atoms with Gasteiger partial charge in [0.15, 0.2) is 0 Å². The van der Waals surface area contributed by atoms with Crippen LogP contribution in [0.1, 0.15) is 10.4 Å². The lowest BCUT2D eigenvalue weighted by Gasteiger charge is -2.07. The summed E-state index contributed by atoms with van der Waals surface area (Å²) in [6, 6.07) is 21.4. The quantitative estimate of drug-likeness (QED) is 0.508. The topological polar surface area (TPSA) is 42.0 Å². The molecule has 1 amide bonds. The number of pyridine rings is 1. The van der Waals surface area contributed by atoms with Gasteiger partial charge in [0.2, 0.25) is 0 Å². The summed E-state index contributed by atoms with van der Waals surface area (Å²) in [6.07, 6.45) is 1.68. The van der Waals surface area contributed by atoms with Crippen molar-refractivity contribution >= 4 is 49.2 Å². The van der Waals surface area contributed by atoms with Gasteiger partial charge in [-0.25, -0.2) is 0 Å². The molecule has 1 N–H and O–H groups in total. The second-order valence-electron chi connectivity index (χ2n) is 5.58. The van der Waals surface area contributed by atoms with Gasteiger partial charge >= 0.3 is 0 Å². The molecule has 0 spiro atoms. The van der Waals surface area contributed by atoms with Crippen LogP contribution in [0.2, 0.25) is 0 Å².